The molecule has 0 saturated carbocycles. The molecule has 0 aliphatic heterocycles. The molecular weight excluding hydrogens is 458 g/mol. The van der Waals surface area contributed by atoms with Gasteiger partial charge < -0.3 is 14.6 Å². The summed E-state index contributed by atoms with van der Waals surface area (Å²) in [4.78, 5) is 18.8. The van der Waals surface area contributed by atoms with E-state index >= 15 is 0 Å². The van der Waals surface area contributed by atoms with E-state index in [1.165, 1.54) is 0 Å². The van der Waals surface area contributed by atoms with Gasteiger partial charge in [-0.1, -0.05) is 66.2 Å². The van der Waals surface area contributed by atoms with E-state index < -0.39 is 6.04 Å². The van der Waals surface area contributed by atoms with Crippen molar-refractivity contribution >= 4 is 34.2 Å². The minimum atomic E-state index is -0.625. The Balaban J connectivity index is 1.62. The van der Waals surface area contributed by atoms with Gasteiger partial charge in [0.15, 0.2) is 0 Å². The van der Waals surface area contributed by atoms with Gasteiger partial charge in [-0.05, 0) is 59.7 Å². The maximum Gasteiger partial charge on any atom is 0.252 e. The van der Waals surface area contributed by atoms with Gasteiger partial charge in [0.1, 0.15) is 17.6 Å². The topological polar surface area (TPSA) is 56.1 Å². The molecular formula is C29H24ClN3O2. The van der Waals surface area contributed by atoms with Crippen LogP contribution in [0, 0.1) is 0 Å². The fourth-order valence-electron chi connectivity index (χ4n) is 4.27. The summed E-state index contributed by atoms with van der Waals surface area (Å²) < 4.78 is 7.28. The van der Waals surface area contributed by atoms with Crippen molar-refractivity contribution in [2.24, 2.45) is 0 Å². The van der Waals surface area contributed by atoms with Crippen molar-refractivity contribution in [2.75, 3.05) is 12.4 Å². The molecule has 4 aromatic carbocycles. The standard InChI is InChI=1S/C29H24ClN3O2/c1-35-24-16-14-23(15-17-24)31-29(34)28(21-9-3-2-4-10-21)33-26-13-6-5-12-25(26)32-27(33)19-20-8-7-11-22(30)18-20/h2-18,28H,19H2,1H3,(H,31,34)/t28-/m1/s1. The van der Waals surface area contributed by atoms with E-state index in [4.69, 9.17) is 21.3 Å². The maximum absolute atomic E-state index is 13.9. The Kier molecular flexibility index (Phi) is 6.51. The number of nitrogens with one attached hydrogen (secondary N) is 1. The molecule has 0 aliphatic carbocycles. The predicted octanol–water partition coefficient (Wildman–Crippen LogP) is 6.52. The Morgan fingerprint density at radius 3 is 2.43 bits per heavy atom. The number of ether oxygens (including phenoxy) is 1. The Bertz CT molecular complexity index is 1460. The lowest BCUT2D eigenvalue weighted by atomic mass is 10.0. The van der Waals surface area contributed by atoms with Crippen molar-refractivity contribution in [3.8, 4) is 5.75 Å². The van der Waals surface area contributed by atoms with Crippen LogP contribution in [0.3, 0.4) is 0 Å². The highest BCUT2D eigenvalue weighted by Crippen LogP contribution is 2.29. The number of hydrogen-bond donors (Lipinski definition) is 1. The third-order valence-corrected chi connectivity index (χ3v) is 6.13. The molecule has 35 heavy (non-hydrogen) atoms. The monoisotopic (exact) mass is 481 g/mol. The zero-order chi connectivity index (χ0) is 24.2. The average Bonchev–Trinajstić information content (AvgIpc) is 3.23. The van der Waals surface area contributed by atoms with Crippen LogP contribution in [0.2, 0.25) is 5.02 Å². The Labute approximate surface area is 209 Å². The minimum Gasteiger partial charge on any atom is -0.497 e. The molecule has 0 bridgehead atoms. The van der Waals surface area contributed by atoms with Crippen molar-refractivity contribution in [1.82, 2.24) is 9.55 Å². The van der Waals surface area contributed by atoms with Gasteiger partial charge in [0.2, 0.25) is 0 Å². The van der Waals surface area contributed by atoms with E-state index in [0.29, 0.717) is 17.1 Å². The number of imidazole rings is 1. The maximum atomic E-state index is 13.9. The van der Waals surface area contributed by atoms with Crippen molar-refractivity contribution in [3.05, 3.63) is 125 Å². The molecule has 0 saturated heterocycles. The van der Waals surface area contributed by atoms with Gasteiger partial charge in [-0.15, -0.1) is 0 Å². The molecule has 0 spiro atoms. The molecule has 0 unspecified atom stereocenters. The molecule has 1 aromatic heterocycles. The Morgan fingerprint density at radius 2 is 1.69 bits per heavy atom. The first-order chi connectivity index (χ1) is 17.1. The number of para-hydroxylation sites is 2. The number of carbonyl (C=O) groups excluding carboxylic acids is 1. The lowest BCUT2D eigenvalue weighted by Gasteiger charge is -2.22. The molecule has 5 nitrogen and oxygen atoms in total. The van der Waals surface area contributed by atoms with Crippen LogP contribution in [-0.2, 0) is 11.2 Å². The molecule has 174 valence electrons. The fraction of sp³-hybridized carbons (Fsp3) is 0.103. The van der Waals surface area contributed by atoms with Gasteiger partial charge in [0, 0.05) is 17.1 Å². The summed E-state index contributed by atoms with van der Waals surface area (Å²) in [6.45, 7) is 0. The lowest BCUT2D eigenvalue weighted by molar-refractivity contribution is -0.118. The summed E-state index contributed by atoms with van der Waals surface area (Å²) in [6, 6.07) is 32.1. The molecule has 0 aliphatic rings. The number of nitrogens with zero attached hydrogens (tertiary/aromatic N) is 2. The quantitative estimate of drug-likeness (QED) is 0.288. The van der Waals surface area contributed by atoms with Gasteiger partial charge in [0.05, 0.1) is 18.1 Å². The zero-order valence-corrected chi connectivity index (χ0v) is 19.9. The molecule has 0 fully saturated rings. The van der Waals surface area contributed by atoms with Crippen LogP contribution in [0.5, 0.6) is 5.75 Å². The first-order valence-electron chi connectivity index (χ1n) is 11.3. The molecule has 5 rings (SSSR count). The molecule has 6 heteroatoms. The van der Waals surface area contributed by atoms with E-state index in [1.807, 2.05) is 108 Å². The Morgan fingerprint density at radius 1 is 0.943 bits per heavy atom. The van der Waals surface area contributed by atoms with Crippen LogP contribution in [0.15, 0.2) is 103 Å². The van der Waals surface area contributed by atoms with E-state index in [1.54, 1.807) is 7.11 Å². The summed E-state index contributed by atoms with van der Waals surface area (Å²) in [7, 11) is 1.62. The van der Waals surface area contributed by atoms with E-state index in [-0.39, 0.29) is 5.91 Å². The summed E-state index contributed by atoms with van der Waals surface area (Å²) in [6.07, 6.45) is 0.536. The van der Waals surface area contributed by atoms with Gasteiger partial charge in [-0.25, -0.2) is 4.98 Å². The third-order valence-electron chi connectivity index (χ3n) is 5.90. The van der Waals surface area contributed by atoms with Crippen LogP contribution in [0.25, 0.3) is 11.0 Å². The first-order valence-corrected chi connectivity index (χ1v) is 11.7. The van der Waals surface area contributed by atoms with Gasteiger partial charge in [0.25, 0.3) is 5.91 Å². The third kappa shape index (κ3) is 4.91. The average molecular weight is 482 g/mol. The molecule has 1 heterocycles. The normalized spacial score (nSPS) is 11.8. The van der Waals surface area contributed by atoms with Crippen molar-refractivity contribution < 1.29 is 9.53 Å². The largest absolute Gasteiger partial charge is 0.497 e. The Hall–Kier alpha value is -4.09. The van der Waals surface area contributed by atoms with Crippen molar-refractivity contribution in [2.45, 2.75) is 12.5 Å². The molecule has 1 amide bonds. The van der Waals surface area contributed by atoms with Gasteiger partial charge in [-0.2, -0.15) is 0 Å². The highest BCUT2D eigenvalue weighted by molar-refractivity contribution is 6.30. The first kappa shape index (κ1) is 22.7. The van der Waals surface area contributed by atoms with Gasteiger partial charge >= 0.3 is 0 Å². The number of fused-ring (bicyclic) bond motifs is 1. The number of halogens is 1. The van der Waals surface area contributed by atoms with Crippen LogP contribution in [0.4, 0.5) is 5.69 Å². The summed E-state index contributed by atoms with van der Waals surface area (Å²) in [5.74, 6) is 1.36. The smallest absolute Gasteiger partial charge is 0.252 e. The number of carbonyl (C=O) groups is 1. The lowest BCUT2D eigenvalue weighted by Crippen LogP contribution is -2.28. The van der Waals surface area contributed by atoms with E-state index in [0.717, 1.165) is 33.7 Å². The summed E-state index contributed by atoms with van der Waals surface area (Å²) in [5, 5.41) is 3.75. The molecule has 1 atom stereocenters. The minimum absolute atomic E-state index is 0.156. The van der Waals surface area contributed by atoms with Crippen LogP contribution < -0.4 is 10.1 Å². The highest BCUT2D eigenvalue weighted by Gasteiger charge is 2.27. The van der Waals surface area contributed by atoms with E-state index in [9.17, 15) is 4.79 Å². The number of amides is 1. The van der Waals surface area contributed by atoms with Crippen LogP contribution in [-0.4, -0.2) is 22.6 Å². The zero-order valence-electron chi connectivity index (χ0n) is 19.2. The number of rotatable bonds is 7. The van der Waals surface area contributed by atoms with E-state index in [2.05, 4.69) is 5.32 Å². The SMILES string of the molecule is COc1ccc(NC(=O)[C@@H](c2ccccc2)n2c(Cc3cccc(Cl)c3)nc3ccccc32)cc1. The number of hydrogen-bond acceptors (Lipinski definition) is 3. The van der Waals surface area contributed by atoms with Crippen LogP contribution >= 0.6 is 11.6 Å². The summed E-state index contributed by atoms with van der Waals surface area (Å²) in [5.41, 5.74) is 4.31. The predicted molar refractivity (Wildman–Crippen MR) is 140 cm³/mol. The second-order valence-electron chi connectivity index (χ2n) is 8.22. The molecule has 1 N–H and O–H groups in total. The number of aromatic nitrogens is 2. The second-order valence-corrected chi connectivity index (χ2v) is 8.66. The van der Waals surface area contributed by atoms with Crippen molar-refractivity contribution in [3.63, 3.8) is 0 Å². The molecule has 0 radical (unpaired) electrons. The fourth-order valence-corrected chi connectivity index (χ4v) is 4.49. The second kappa shape index (κ2) is 10.0. The summed E-state index contributed by atoms with van der Waals surface area (Å²) >= 11 is 6.25. The molecule has 5 aromatic rings. The highest BCUT2D eigenvalue weighted by atomic mass is 35.5. The number of methoxy groups -OCH3 is 1. The number of anilines is 1. The van der Waals surface area contributed by atoms with Gasteiger partial charge in [-0.3, -0.25) is 4.79 Å². The van der Waals surface area contributed by atoms with Crippen molar-refractivity contribution in [1.29, 1.82) is 0 Å². The number of benzene rings is 4. The van der Waals surface area contributed by atoms with Crippen LogP contribution in [0.1, 0.15) is 23.0 Å².